The highest BCUT2D eigenvalue weighted by Gasteiger charge is 2.65. The molecule has 3 fully saturated rings. The van der Waals surface area contributed by atoms with Gasteiger partial charge in [0.2, 0.25) is 5.91 Å². The molecule has 4 nitrogen and oxygen atoms in total. The molecule has 0 aromatic heterocycles. The number of hydrogen-bond acceptors (Lipinski definition) is 3. The monoisotopic (exact) mass is 349 g/mol. The standard InChI is InChI=1S/C19H24ClNO3/c20-13-5-3-12(4-6-13)15(22)11-16(23)21-17-14-7-10-24-18(14)19(17)8-1-2-9-19/h3-6,14-15,17-18,22H,1-2,7-11H2,(H,21,23). The van der Waals surface area contributed by atoms with Gasteiger partial charge in [-0.1, -0.05) is 36.6 Å². The minimum atomic E-state index is -0.794. The van der Waals surface area contributed by atoms with Gasteiger partial charge in [0.05, 0.1) is 18.6 Å². The maximum absolute atomic E-state index is 12.5. The highest BCUT2D eigenvalue weighted by atomic mass is 35.5. The molecular weight excluding hydrogens is 326 g/mol. The number of carbonyl (C=O) groups excluding carboxylic acids is 1. The third kappa shape index (κ3) is 2.65. The summed E-state index contributed by atoms with van der Waals surface area (Å²) in [4.78, 5) is 12.5. The van der Waals surface area contributed by atoms with Gasteiger partial charge in [-0.25, -0.2) is 0 Å². The number of hydrogen-bond donors (Lipinski definition) is 2. The second-order valence-corrected chi connectivity index (χ2v) is 7.94. The van der Waals surface area contributed by atoms with Crippen molar-refractivity contribution >= 4 is 17.5 Å². The fourth-order valence-corrected chi connectivity index (χ4v) is 5.24. The van der Waals surface area contributed by atoms with E-state index in [2.05, 4.69) is 5.32 Å². The second-order valence-electron chi connectivity index (χ2n) is 7.50. The fraction of sp³-hybridized carbons (Fsp3) is 0.632. The Labute approximate surface area is 147 Å². The Morgan fingerprint density at radius 1 is 1.33 bits per heavy atom. The summed E-state index contributed by atoms with van der Waals surface area (Å²) in [7, 11) is 0. The molecule has 130 valence electrons. The first-order valence-electron chi connectivity index (χ1n) is 8.95. The van der Waals surface area contributed by atoms with Crippen LogP contribution in [0.4, 0.5) is 0 Å². The lowest BCUT2D eigenvalue weighted by molar-refractivity contribution is -0.146. The molecule has 4 unspecified atom stereocenters. The summed E-state index contributed by atoms with van der Waals surface area (Å²) in [6.45, 7) is 0.816. The van der Waals surface area contributed by atoms with Crippen LogP contribution < -0.4 is 5.32 Å². The number of aliphatic hydroxyl groups excluding tert-OH is 1. The maximum Gasteiger partial charge on any atom is 0.223 e. The minimum Gasteiger partial charge on any atom is -0.388 e. The molecule has 1 aliphatic heterocycles. The zero-order valence-corrected chi connectivity index (χ0v) is 14.5. The summed E-state index contributed by atoms with van der Waals surface area (Å²) >= 11 is 5.87. The maximum atomic E-state index is 12.5. The molecule has 3 aliphatic rings. The van der Waals surface area contributed by atoms with Crippen molar-refractivity contribution in [3.63, 3.8) is 0 Å². The lowest BCUT2D eigenvalue weighted by Crippen LogP contribution is -2.68. The Morgan fingerprint density at radius 2 is 2.04 bits per heavy atom. The van der Waals surface area contributed by atoms with Gasteiger partial charge in [-0.05, 0) is 37.0 Å². The highest BCUT2D eigenvalue weighted by molar-refractivity contribution is 6.30. The summed E-state index contributed by atoms with van der Waals surface area (Å²) < 4.78 is 5.95. The van der Waals surface area contributed by atoms with Crippen molar-refractivity contribution in [1.82, 2.24) is 5.32 Å². The number of ether oxygens (including phenoxy) is 1. The van der Waals surface area contributed by atoms with Crippen molar-refractivity contribution in [2.75, 3.05) is 6.61 Å². The van der Waals surface area contributed by atoms with Gasteiger partial charge in [0.15, 0.2) is 0 Å². The fourth-order valence-electron chi connectivity index (χ4n) is 5.11. The van der Waals surface area contributed by atoms with E-state index in [0.29, 0.717) is 17.0 Å². The van der Waals surface area contributed by atoms with E-state index in [9.17, 15) is 9.90 Å². The second kappa shape index (κ2) is 6.32. The normalized spacial score (nSPS) is 31.5. The Hall–Kier alpha value is -1.10. The van der Waals surface area contributed by atoms with E-state index in [-0.39, 0.29) is 23.8 Å². The minimum absolute atomic E-state index is 0.0703. The molecule has 2 N–H and O–H groups in total. The summed E-state index contributed by atoms with van der Waals surface area (Å²) in [5, 5.41) is 14.2. The van der Waals surface area contributed by atoms with Gasteiger partial charge in [-0.15, -0.1) is 0 Å². The van der Waals surface area contributed by atoms with Gasteiger partial charge in [0, 0.05) is 29.0 Å². The van der Waals surface area contributed by atoms with Crippen LogP contribution in [0.5, 0.6) is 0 Å². The van der Waals surface area contributed by atoms with Gasteiger partial charge in [0.1, 0.15) is 0 Å². The third-order valence-electron chi connectivity index (χ3n) is 6.24. The number of benzene rings is 1. The van der Waals surface area contributed by atoms with Gasteiger partial charge in [-0.3, -0.25) is 4.79 Å². The van der Waals surface area contributed by atoms with Crippen molar-refractivity contribution in [1.29, 1.82) is 0 Å². The van der Waals surface area contributed by atoms with Crippen LogP contribution in [-0.4, -0.2) is 29.8 Å². The quantitative estimate of drug-likeness (QED) is 0.877. The number of carbonyl (C=O) groups is 1. The van der Waals surface area contributed by atoms with Crippen LogP contribution in [0.2, 0.25) is 5.02 Å². The van der Waals surface area contributed by atoms with Crippen LogP contribution in [-0.2, 0) is 9.53 Å². The van der Waals surface area contributed by atoms with Gasteiger partial charge in [-0.2, -0.15) is 0 Å². The molecule has 1 spiro atoms. The van der Waals surface area contributed by atoms with Gasteiger partial charge in [0.25, 0.3) is 0 Å². The Balaban J connectivity index is 1.39. The summed E-state index contributed by atoms with van der Waals surface area (Å²) in [6, 6.07) is 7.22. The topological polar surface area (TPSA) is 58.6 Å². The van der Waals surface area contributed by atoms with Crippen LogP contribution in [0, 0.1) is 11.3 Å². The van der Waals surface area contributed by atoms with E-state index in [1.807, 2.05) is 0 Å². The van der Waals surface area contributed by atoms with Crippen LogP contribution in [0.25, 0.3) is 0 Å². The van der Waals surface area contributed by atoms with Gasteiger partial charge < -0.3 is 15.2 Å². The molecule has 1 heterocycles. The molecule has 5 heteroatoms. The SMILES string of the molecule is O=C(CC(O)c1ccc(Cl)cc1)NC1C2CCOC2C12CCCC2. The molecule has 4 atom stereocenters. The number of nitrogens with one attached hydrogen (secondary N) is 1. The summed E-state index contributed by atoms with van der Waals surface area (Å²) in [5.41, 5.74) is 0.878. The molecule has 4 rings (SSSR count). The molecule has 0 bridgehead atoms. The van der Waals surface area contributed by atoms with Crippen LogP contribution >= 0.6 is 11.6 Å². The number of rotatable bonds is 4. The predicted molar refractivity (Wildman–Crippen MR) is 91.7 cm³/mol. The molecule has 1 aromatic carbocycles. The Kier molecular flexibility index (Phi) is 4.31. The van der Waals surface area contributed by atoms with E-state index in [1.54, 1.807) is 24.3 Å². The van der Waals surface area contributed by atoms with E-state index in [1.165, 1.54) is 12.8 Å². The summed E-state index contributed by atoms with van der Waals surface area (Å²) in [5.74, 6) is 0.388. The Bertz CT molecular complexity index is 612. The third-order valence-corrected chi connectivity index (χ3v) is 6.49. The first kappa shape index (κ1) is 16.4. The van der Waals surface area contributed by atoms with E-state index < -0.39 is 6.10 Å². The van der Waals surface area contributed by atoms with E-state index >= 15 is 0 Å². The van der Waals surface area contributed by atoms with E-state index in [4.69, 9.17) is 16.3 Å². The van der Waals surface area contributed by atoms with Crippen LogP contribution in [0.1, 0.15) is 50.2 Å². The first-order chi connectivity index (χ1) is 11.6. The molecule has 0 radical (unpaired) electrons. The lowest BCUT2D eigenvalue weighted by Gasteiger charge is -2.56. The van der Waals surface area contributed by atoms with Gasteiger partial charge >= 0.3 is 0 Å². The van der Waals surface area contributed by atoms with Crippen LogP contribution in [0.3, 0.4) is 0 Å². The number of fused-ring (bicyclic) bond motifs is 2. The van der Waals surface area contributed by atoms with Crippen LogP contribution in [0.15, 0.2) is 24.3 Å². The molecular formula is C19H24ClNO3. The summed E-state index contributed by atoms with van der Waals surface area (Å²) in [6.07, 6.45) is 5.43. The molecule has 1 saturated heterocycles. The largest absolute Gasteiger partial charge is 0.388 e. The van der Waals surface area contributed by atoms with Crippen molar-refractivity contribution in [2.24, 2.45) is 11.3 Å². The predicted octanol–water partition coefficient (Wildman–Crippen LogP) is 3.23. The number of amides is 1. The zero-order chi connectivity index (χ0) is 16.7. The lowest BCUT2D eigenvalue weighted by atomic mass is 9.54. The molecule has 2 aliphatic carbocycles. The molecule has 1 aromatic rings. The van der Waals surface area contributed by atoms with E-state index in [0.717, 1.165) is 31.4 Å². The molecule has 2 saturated carbocycles. The Morgan fingerprint density at radius 3 is 2.75 bits per heavy atom. The number of halogens is 1. The highest BCUT2D eigenvalue weighted by Crippen LogP contribution is 2.60. The average molecular weight is 350 g/mol. The molecule has 1 amide bonds. The first-order valence-corrected chi connectivity index (χ1v) is 9.32. The van der Waals surface area contributed by atoms with Crippen molar-refractivity contribution in [2.45, 2.75) is 56.8 Å². The smallest absolute Gasteiger partial charge is 0.223 e. The van der Waals surface area contributed by atoms with Crippen molar-refractivity contribution in [3.8, 4) is 0 Å². The number of aliphatic hydroxyl groups is 1. The van der Waals surface area contributed by atoms with Crippen molar-refractivity contribution < 1.29 is 14.6 Å². The van der Waals surface area contributed by atoms with Crippen molar-refractivity contribution in [3.05, 3.63) is 34.9 Å². The zero-order valence-electron chi connectivity index (χ0n) is 13.7. The average Bonchev–Trinajstić information content (AvgIpc) is 3.22. The molecule has 24 heavy (non-hydrogen) atoms.